The second kappa shape index (κ2) is 13.2. The zero-order chi connectivity index (χ0) is 41.2. The molecule has 14 rings (SSSR count). The topological polar surface area (TPSA) is 56.7 Å². The van der Waals surface area contributed by atoms with Crippen molar-refractivity contribution in [3.63, 3.8) is 0 Å². The van der Waals surface area contributed by atoms with E-state index in [9.17, 15) is 0 Å². The molecule has 14 aromatic rings. The van der Waals surface area contributed by atoms with Crippen LogP contribution in [0, 0.1) is 0 Å². The van der Waals surface area contributed by atoms with Gasteiger partial charge >= 0.3 is 0 Å². The highest BCUT2D eigenvalue weighted by Gasteiger charge is 2.23. The number of rotatable bonds is 4. The van der Waals surface area contributed by atoms with Crippen LogP contribution in [-0.2, 0) is 0 Å². The first-order chi connectivity index (χ1) is 31.2. The van der Waals surface area contributed by atoms with Gasteiger partial charge in [0.1, 0.15) is 11.2 Å². The summed E-state index contributed by atoms with van der Waals surface area (Å²) in [5.74, 6) is 1.76. The van der Waals surface area contributed by atoms with Gasteiger partial charge in [-0.1, -0.05) is 152 Å². The van der Waals surface area contributed by atoms with E-state index in [2.05, 4.69) is 187 Å². The Labute approximate surface area is 363 Å². The molecule has 4 aromatic heterocycles. The van der Waals surface area contributed by atoms with Gasteiger partial charge in [-0.05, 0) is 74.8 Å². The molecule has 4 heterocycles. The van der Waals surface area contributed by atoms with E-state index in [0.717, 1.165) is 76.2 Å². The Morgan fingerprint density at radius 2 is 0.984 bits per heavy atom. The van der Waals surface area contributed by atoms with Gasteiger partial charge in [-0.25, -0.2) is 15.0 Å². The van der Waals surface area contributed by atoms with Crippen molar-refractivity contribution in [1.82, 2.24) is 19.5 Å². The van der Waals surface area contributed by atoms with E-state index in [1.807, 2.05) is 23.5 Å². The Morgan fingerprint density at radius 1 is 0.381 bits per heavy atom. The van der Waals surface area contributed by atoms with E-state index in [0.29, 0.717) is 17.5 Å². The van der Waals surface area contributed by atoms with Crippen LogP contribution in [0.3, 0.4) is 0 Å². The minimum absolute atomic E-state index is 0.555. The van der Waals surface area contributed by atoms with Crippen molar-refractivity contribution in [3.8, 4) is 39.9 Å². The van der Waals surface area contributed by atoms with Crippen LogP contribution in [0.5, 0.6) is 0 Å². The molecule has 0 atom stereocenters. The summed E-state index contributed by atoms with van der Waals surface area (Å²) >= 11 is 1.83. The Kier molecular flexibility index (Phi) is 7.21. The fraction of sp³-hybridized carbons (Fsp3) is 0. The Hall–Kier alpha value is -8.19. The third kappa shape index (κ3) is 5.13. The molecule has 6 heteroatoms. The van der Waals surface area contributed by atoms with Gasteiger partial charge in [0.25, 0.3) is 0 Å². The number of fused-ring (bicyclic) bond motifs is 13. The van der Waals surface area contributed by atoms with Crippen LogP contribution >= 0.6 is 11.3 Å². The maximum atomic E-state index is 6.63. The first kappa shape index (κ1) is 34.5. The molecule has 0 aliphatic rings. The fourth-order valence-electron chi connectivity index (χ4n) is 9.94. The molecular formula is C57H32N4OS. The monoisotopic (exact) mass is 820 g/mol. The zero-order valence-electron chi connectivity index (χ0n) is 33.6. The van der Waals surface area contributed by atoms with Crippen LogP contribution in [0.15, 0.2) is 199 Å². The molecule has 5 nitrogen and oxygen atoms in total. The van der Waals surface area contributed by atoms with Crippen LogP contribution in [0.4, 0.5) is 0 Å². The minimum Gasteiger partial charge on any atom is -0.455 e. The predicted molar refractivity (Wildman–Crippen MR) is 263 cm³/mol. The van der Waals surface area contributed by atoms with E-state index in [-0.39, 0.29) is 0 Å². The summed E-state index contributed by atoms with van der Waals surface area (Å²) in [5.41, 5.74) is 7.62. The van der Waals surface area contributed by atoms with Crippen molar-refractivity contribution in [2.75, 3.05) is 0 Å². The molecular weight excluding hydrogens is 789 g/mol. The van der Waals surface area contributed by atoms with Crippen molar-refractivity contribution in [2.24, 2.45) is 0 Å². The number of nitrogens with zero attached hydrogens (tertiary/aromatic N) is 4. The molecule has 0 unspecified atom stereocenters. The molecule has 0 bridgehead atoms. The van der Waals surface area contributed by atoms with Crippen molar-refractivity contribution >= 4 is 108 Å². The van der Waals surface area contributed by atoms with E-state index in [4.69, 9.17) is 19.4 Å². The SMILES string of the molecule is c1ccc2cc3c(cc2c1)c1ccccc1n3-c1cc(-c2nc(-c3cccc4ccccc34)nc(-c3cccc4c3oc3ccccc34)n2)c2c(c1)sc1c3ccccc3ccc12. The summed E-state index contributed by atoms with van der Waals surface area (Å²) in [4.78, 5) is 16.3. The molecule has 0 saturated carbocycles. The fourth-order valence-corrected chi connectivity index (χ4v) is 11.2. The van der Waals surface area contributed by atoms with Gasteiger partial charge in [0.2, 0.25) is 0 Å². The summed E-state index contributed by atoms with van der Waals surface area (Å²) in [7, 11) is 0. The molecule has 0 saturated heterocycles. The van der Waals surface area contributed by atoms with Gasteiger partial charge in [-0.2, -0.15) is 0 Å². The number of para-hydroxylation sites is 3. The lowest BCUT2D eigenvalue weighted by Gasteiger charge is -2.14. The summed E-state index contributed by atoms with van der Waals surface area (Å²) in [6.45, 7) is 0. The van der Waals surface area contributed by atoms with Gasteiger partial charge in [-0.15, -0.1) is 11.3 Å². The quantitative estimate of drug-likeness (QED) is 0.177. The van der Waals surface area contributed by atoms with Crippen LogP contribution < -0.4 is 0 Å². The largest absolute Gasteiger partial charge is 0.455 e. The Morgan fingerprint density at radius 3 is 1.83 bits per heavy atom. The van der Waals surface area contributed by atoms with E-state index >= 15 is 0 Å². The summed E-state index contributed by atoms with van der Waals surface area (Å²) < 4.78 is 11.5. The summed E-state index contributed by atoms with van der Waals surface area (Å²) in [6.07, 6.45) is 0. The number of hydrogen-bond donors (Lipinski definition) is 0. The summed E-state index contributed by atoms with van der Waals surface area (Å²) in [5, 5.41) is 13.9. The number of benzene rings is 10. The van der Waals surface area contributed by atoms with Gasteiger partial charge in [-0.3, -0.25) is 0 Å². The van der Waals surface area contributed by atoms with Crippen molar-refractivity contribution < 1.29 is 4.42 Å². The molecule has 10 aromatic carbocycles. The van der Waals surface area contributed by atoms with Crippen LogP contribution in [0.25, 0.3) is 136 Å². The van der Waals surface area contributed by atoms with E-state index < -0.39 is 0 Å². The van der Waals surface area contributed by atoms with Crippen molar-refractivity contribution in [1.29, 1.82) is 0 Å². The molecule has 63 heavy (non-hydrogen) atoms. The average Bonchev–Trinajstić information content (AvgIpc) is 4.02. The average molecular weight is 821 g/mol. The number of hydrogen-bond acceptors (Lipinski definition) is 5. The highest BCUT2D eigenvalue weighted by Crippen LogP contribution is 2.46. The molecule has 0 aliphatic carbocycles. The van der Waals surface area contributed by atoms with Crippen molar-refractivity contribution in [3.05, 3.63) is 194 Å². The third-order valence-electron chi connectivity index (χ3n) is 12.8. The van der Waals surface area contributed by atoms with Gasteiger partial charge in [0.05, 0.1) is 16.6 Å². The summed E-state index contributed by atoms with van der Waals surface area (Å²) in [6, 6.07) is 69.1. The molecule has 0 N–H and O–H groups in total. The second-order valence-corrected chi connectivity index (χ2v) is 17.4. The molecule has 0 amide bonds. The van der Waals surface area contributed by atoms with Gasteiger partial charge in [0.15, 0.2) is 17.5 Å². The highest BCUT2D eigenvalue weighted by molar-refractivity contribution is 7.26. The third-order valence-corrected chi connectivity index (χ3v) is 14.0. The first-order valence-electron chi connectivity index (χ1n) is 21.2. The van der Waals surface area contributed by atoms with Crippen LogP contribution in [0.2, 0.25) is 0 Å². The lowest BCUT2D eigenvalue weighted by molar-refractivity contribution is 0.669. The lowest BCUT2D eigenvalue weighted by atomic mass is 10.0. The smallest absolute Gasteiger partial charge is 0.167 e. The molecule has 0 radical (unpaired) electrons. The number of aromatic nitrogens is 4. The molecule has 292 valence electrons. The van der Waals surface area contributed by atoms with E-state index in [1.165, 1.54) is 42.4 Å². The zero-order valence-corrected chi connectivity index (χ0v) is 34.4. The highest BCUT2D eigenvalue weighted by atomic mass is 32.1. The maximum Gasteiger partial charge on any atom is 0.167 e. The Balaban J connectivity index is 1.13. The van der Waals surface area contributed by atoms with Crippen molar-refractivity contribution in [2.45, 2.75) is 0 Å². The second-order valence-electron chi connectivity index (χ2n) is 16.3. The molecule has 0 aliphatic heterocycles. The minimum atomic E-state index is 0.555. The lowest BCUT2D eigenvalue weighted by Crippen LogP contribution is -2.02. The Bertz CT molecular complexity index is 4230. The normalized spacial score (nSPS) is 12.1. The first-order valence-corrected chi connectivity index (χ1v) is 22.0. The molecule has 0 spiro atoms. The van der Waals surface area contributed by atoms with Gasteiger partial charge < -0.3 is 8.98 Å². The van der Waals surface area contributed by atoms with Crippen LogP contribution in [0.1, 0.15) is 0 Å². The van der Waals surface area contributed by atoms with E-state index in [1.54, 1.807) is 0 Å². The number of thiophene rings is 1. The van der Waals surface area contributed by atoms with Gasteiger partial charge in [0, 0.05) is 58.5 Å². The predicted octanol–water partition coefficient (Wildman–Crippen LogP) is 15.7. The number of furan rings is 1. The maximum absolute atomic E-state index is 6.63. The van der Waals surface area contributed by atoms with Crippen LogP contribution in [-0.4, -0.2) is 19.5 Å². The standard InChI is InChI=1S/C57H32N4OS/c1-2-16-36-30-49-46(29-35(36)15-1)40-20-7-9-25-48(40)61(49)37-31-47(52-44-28-27-34-14-4-6-19-39(34)54(44)63-51(52)32-37)57-59-55(43-23-11-17-33-13-3-5-18-38(33)43)58-56(60-57)45-24-12-22-42-41-21-8-10-26-50(41)62-53(42)45/h1-32H. The molecule has 0 fully saturated rings.